The zero-order valence-electron chi connectivity index (χ0n) is 12.8. The molecule has 4 nitrogen and oxygen atoms in total. The molecule has 0 spiro atoms. The van der Waals surface area contributed by atoms with Gasteiger partial charge in [-0.2, -0.15) is 15.8 Å². The molecule has 1 unspecified atom stereocenters. The largest absolute Gasteiger partial charge is 0.328 e. The molecule has 0 aromatic carbocycles. The van der Waals surface area contributed by atoms with E-state index in [2.05, 4.69) is 13.0 Å². The van der Waals surface area contributed by atoms with Gasteiger partial charge in [-0.15, -0.1) is 0 Å². The summed E-state index contributed by atoms with van der Waals surface area (Å²) in [5.74, 6) is 0. The predicted molar refractivity (Wildman–Crippen MR) is 81.3 cm³/mol. The Labute approximate surface area is 124 Å². The van der Waals surface area contributed by atoms with Crippen molar-refractivity contribution in [2.24, 2.45) is 5.73 Å². The quantitative estimate of drug-likeness (QED) is 0.605. The number of nitrogens with zero attached hydrogens (tertiary/aromatic N) is 3. The highest BCUT2D eigenvalue weighted by atomic mass is 14.6. The summed E-state index contributed by atoms with van der Waals surface area (Å²) in [4.78, 5) is 0. The molecule has 0 amide bonds. The Hall–Kier alpha value is -1.57. The lowest BCUT2D eigenvalue weighted by Crippen LogP contribution is -2.19. The summed E-state index contributed by atoms with van der Waals surface area (Å²) in [5.41, 5.74) is 5.86. The standard InChI is InChI=1S/C10H20N2.C6H8N2/c1-2-3-7-10(12)8-5-4-6-9-11;7-5-3-1-2-4-6-8/h10H,2-8,12H2,1H3;1-4H2. The first-order valence-electron chi connectivity index (χ1n) is 7.59. The van der Waals surface area contributed by atoms with Crippen molar-refractivity contribution in [2.75, 3.05) is 0 Å². The molecule has 0 aliphatic heterocycles. The van der Waals surface area contributed by atoms with E-state index in [9.17, 15) is 0 Å². The van der Waals surface area contributed by atoms with Gasteiger partial charge in [0.25, 0.3) is 0 Å². The second kappa shape index (κ2) is 19.8. The second-order valence-electron chi connectivity index (χ2n) is 4.83. The fraction of sp³-hybridized carbons (Fsp3) is 0.812. The van der Waals surface area contributed by atoms with E-state index in [0.29, 0.717) is 25.3 Å². The van der Waals surface area contributed by atoms with E-state index in [1.54, 1.807) is 0 Å². The van der Waals surface area contributed by atoms with Crippen molar-refractivity contribution < 1.29 is 0 Å². The normalized spacial score (nSPS) is 10.3. The van der Waals surface area contributed by atoms with Crippen LogP contribution in [0.4, 0.5) is 0 Å². The van der Waals surface area contributed by atoms with Gasteiger partial charge in [-0.05, 0) is 32.1 Å². The van der Waals surface area contributed by atoms with Crippen LogP contribution in [0.3, 0.4) is 0 Å². The monoisotopic (exact) mass is 276 g/mol. The summed E-state index contributed by atoms with van der Waals surface area (Å²) in [6.45, 7) is 2.18. The minimum Gasteiger partial charge on any atom is -0.328 e. The zero-order chi connectivity index (χ0) is 15.5. The molecule has 1 atom stereocenters. The maximum absolute atomic E-state index is 8.29. The minimum absolute atomic E-state index is 0.364. The van der Waals surface area contributed by atoms with Crippen LogP contribution >= 0.6 is 0 Å². The zero-order valence-corrected chi connectivity index (χ0v) is 12.8. The Kier molecular flexibility index (Phi) is 20.5. The Balaban J connectivity index is 0. The SMILES string of the molecule is CCCCC(N)CCCCC#N.N#CCCCCC#N. The van der Waals surface area contributed by atoms with Crippen LogP contribution in [0.15, 0.2) is 0 Å². The van der Waals surface area contributed by atoms with E-state index in [1.165, 1.54) is 12.8 Å². The summed E-state index contributed by atoms with van der Waals surface area (Å²) in [7, 11) is 0. The molecule has 20 heavy (non-hydrogen) atoms. The van der Waals surface area contributed by atoms with Crippen molar-refractivity contribution in [3.05, 3.63) is 0 Å². The predicted octanol–water partition coefficient (Wildman–Crippen LogP) is 4.18. The first kappa shape index (κ1) is 20.7. The molecule has 0 saturated carbocycles. The van der Waals surface area contributed by atoms with Gasteiger partial charge in [0.2, 0.25) is 0 Å². The maximum atomic E-state index is 8.29. The third kappa shape index (κ3) is 21.7. The number of rotatable bonds is 10. The minimum atomic E-state index is 0.364. The summed E-state index contributed by atoms with van der Waals surface area (Å²) < 4.78 is 0. The van der Waals surface area contributed by atoms with Crippen molar-refractivity contribution >= 4 is 0 Å². The molecule has 0 bridgehead atoms. The van der Waals surface area contributed by atoms with Gasteiger partial charge in [-0.1, -0.05) is 26.2 Å². The van der Waals surface area contributed by atoms with Gasteiger partial charge in [0, 0.05) is 25.3 Å². The van der Waals surface area contributed by atoms with Gasteiger partial charge in [-0.25, -0.2) is 0 Å². The lowest BCUT2D eigenvalue weighted by Gasteiger charge is -2.09. The number of hydrogen-bond acceptors (Lipinski definition) is 4. The van der Waals surface area contributed by atoms with Gasteiger partial charge in [0.15, 0.2) is 0 Å². The Morgan fingerprint density at radius 3 is 1.55 bits per heavy atom. The summed E-state index contributed by atoms with van der Waals surface area (Å²) in [6, 6.07) is 6.54. The summed E-state index contributed by atoms with van der Waals surface area (Å²) in [6.07, 6.45) is 10.4. The van der Waals surface area contributed by atoms with E-state index >= 15 is 0 Å². The summed E-state index contributed by atoms with van der Waals surface area (Å²) in [5, 5.41) is 24.4. The molecule has 112 valence electrons. The lowest BCUT2D eigenvalue weighted by molar-refractivity contribution is 0.515. The third-order valence-electron chi connectivity index (χ3n) is 2.87. The molecule has 0 aromatic rings. The maximum Gasteiger partial charge on any atom is 0.0621 e. The first-order valence-corrected chi connectivity index (χ1v) is 7.59. The van der Waals surface area contributed by atoms with Crippen LogP contribution in [-0.2, 0) is 0 Å². The molecule has 0 rings (SSSR count). The van der Waals surface area contributed by atoms with Gasteiger partial charge in [0.05, 0.1) is 18.2 Å². The Morgan fingerprint density at radius 2 is 1.15 bits per heavy atom. The lowest BCUT2D eigenvalue weighted by atomic mass is 10.0. The van der Waals surface area contributed by atoms with Gasteiger partial charge in [0.1, 0.15) is 0 Å². The van der Waals surface area contributed by atoms with Crippen LogP contribution in [0.25, 0.3) is 0 Å². The highest BCUT2D eigenvalue weighted by Gasteiger charge is 2.00. The first-order chi connectivity index (χ1) is 9.72. The second-order valence-corrected chi connectivity index (χ2v) is 4.83. The van der Waals surface area contributed by atoms with E-state index in [-0.39, 0.29) is 0 Å². The van der Waals surface area contributed by atoms with Crippen molar-refractivity contribution in [3.8, 4) is 18.2 Å². The van der Waals surface area contributed by atoms with E-state index in [1.807, 2.05) is 12.1 Å². The molecule has 4 heteroatoms. The van der Waals surface area contributed by atoms with E-state index in [0.717, 1.165) is 38.5 Å². The average Bonchev–Trinajstić information content (AvgIpc) is 2.47. The van der Waals surface area contributed by atoms with Gasteiger partial charge in [-0.3, -0.25) is 0 Å². The van der Waals surface area contributed by atoms with Gasteiger partial charge < -0.3 is 5.73 Å². The van der Waals surface area contributed by atoms with Crippen LogP contribution in [-0.4, -0.2) is 6.04 Å². The number of nitrogens with two attached hydrogens (primary N) is 1. The van der Waals surface area contributed by atoms with Crippen molar-refractivity contribution in [1.82, 2.24) is 0 Å². The van der Waals surface area contributed by atoms with Crippen LogP contribution in [0, 0.1) is 34.0 Å². The van der Waals surface area contributed by atoms with Crippen molar-refractivity contribution in [1.29, 1.82) is 15.8 Å². The smallest absolute Gasteiger partial charge is 0.0621 e. The Bertz CT molecular complexity index is 290. The molecular formula is C16H28N4. The molecule has 0 saturated heterocycles. The number of unbranched alkanes of at least 4 members (excludes halogenated alkanes) is 6. The van der Waals surface area contributed by atoms with E-state index in [4.69, 9.17) is 21.5 Å². The third-order valence-corrected chi connectivity index (χ3v) is 2.87. The fourth-order valence-corrected chi connectivity index (χ4v) is 1.63. The number of hydrogen-bond donors (Lipinski definition) is 1. The Morgan fingerprint density at radius 1 is 0.750 bits per heavy atom. The number of nitriles is 3. The average molecular weight is 276 g/mol. The molecule has 2 N–H and O–H groups in total. The topological polar surface area (TPSA) is 97.4 Å². The van der Waals surface area contributed by atoms with Crippen LogP contribution in [0.2, 0.25) is 0 Å². The van der Waals surface area contributed by atoms with Crippen LogP contribution in [0.5, 0.6) is 0 Å². The molecule has 0 aliphatic rings. The van der Waals surface area contributed by atoms with E-state index < -0.39 is 0 Å². The molecule has 0 aromatic heterocycles. The summed E-state index contributed by atoms with van der Waals surface area (Å²) >= 11 is 0. The van der Waals surface area contributed by atoms with Gasteiger partial charge >= 0.3 is 0 Å². The highest BCUT2D eigenvalue weighted by Crippen LogP contribution is 2.07. The molecular weight excluding hydrogens is 248 g/mol. The van der Waals surface area contributed by atoms with Crippen LogP contribution < -0.4 is 5.73 Å². The molecule has 0 radical (unpaired) electrons. The molecule has 0 aliphatic carbocycles. The highest BCUT2D eigenvalue weighted by molar-refractivity contribution is 4.72. The van der Waals surface area contributed by atoms with Crippen molar-refractivity contribution in [3.63, 3.8) is 0 Å². The van der Waals surface area contributed by atoms with Crippen molar-refractivity contribution in [2.45, 2.75) is 83.6 Å². The molecule has 0 fully saturated rings. The molecule has 0 heterocycles. The van der Waals surface area contributed by atoms with Crippen LogP contribution in [0.1, 0.15) is 77.6 Å². The fourth-order valence-electron chi connectivity index (χ4n) is 1.63.